The Labute approximate surface area is 192 Å². The van der Waals surface area contributed by atoms with Gasteiger partial charge in [0.25, 0.3) is 0 Å². The molecule has 0 aromatic heterocycles. The SMILES string of the molecule is NC(N)=NC(N)=Nc1cc(Cl)cc(Cl)c1.NC(N)=NC(N)=Nc1ccc(Cl)c(Cl)c1. The second-order valence-electron chi connectivity index (χ2n) is 5.24. The van der Waals surface area contributed by atoms with E-state index in [0.29, 0.717) is 31.5 Å². The fraction of sp³-hybridized carbons (Fsp3) is 0. The molecule has 0 spiro atoms. The molecule has 160 valence electrons. The molecule has 2 aromatic rings. The maximum Gasteiger partial charge on any atom is 0.223 e. The highest BCUT2D eigenvalue weighted by Gasteiger charge is 1.99. The van der Waals surface area contributed by atoms with Crippen molar-refractivity contribution in [2.24, 2.45) is 54.4 Å². The molecule has 0 fully saturated rings. The summed E-state index contributed by atoms with van der Waals surface area (Å²) in [5.41, 5.74) is 32.3. The van der Waals surface area contributed by atoms with Gasteiger partial charge in [-0.15, -0.1) is 0 Å². The highest BCUT2D eigenvalue weighted by Crippen LogP contribution is 2.26. The minimum atomic E-state index is -0.163. The van der Waals surface area contributed by atoms with Crippen molar-refractivity contribution in [2.75, 3.05) is 0 Å². The zero-order chi connectivity index (χ0) is 22.8. The number of halogens is 4. The van der Waals surface area contributed by atoms with Crippen molar-refractivity contribution < 1.29 is 0 Å². The van der Waals surface area contributed by atoms with Gasteiger partial charge >= 0.3 is 0 Å². The van der Waals surface area contributed by atoms with Gasteiger partial charge in [0.1, 0.15) is 0 Å². The van der Waals surface area contributed by atoms with Crippen LogP contribution in [0, 0.1) is 0 Å². The van der Waals surface area contributed by atoms with Gasteiger partial charge in [0, 0.05) is 10.0 Å². The molecule has 0 heterocycles. The maximum absolute atomic E-state index is 5.78. The van der Waals surface area contributed by atoms with Crippen molar-refractivity contribution in [1.82, 2.24) is 0 Å². The van der Waals surface area contributed by atoms with E-state index in [1.54, 1.807) is 36.4 Å². The number of nitrogens with two attached hydrogens (primary N) is 6. The van der Waals surface area contributed by atoms with Gasteiger partial charge in [-0.3, -0.25) is 0 Å². The molecular formula is C16H18Cl4N10. The summed E-state index contributed by atoms with van der Waals surface area (Å²) in [6.45, 7) is 0. The Kier molecular flexibility index (Phi) is 9.99. The Morgan fingerprint density at radius 1 is 0.567 bits per heavy atom. The van der Waals surface area contributed by atoms with Crippen LogP contribution in [-0.2, 0) is 0 Å². The third kappa shape index (κ3) is 10.0. The average Bonchev–Trinajstić information content (AvgIpc) is 2.56. The highest BCUT2D eigenvalue weighted by atomic mass is 35.5. The Morgan fingerprint density at radius 2 is 1.03 bits per heavy atom. The van der Waals surface area contributed by atoms with E-state index in [2.05, 4.69) is 20.0 Å². The minimum Gasteiger partial charge on any atom is -0.370 e. The van der Waals surface area contributed by atoms with Gasteiger partial charge in [-0.1, -0.05) is 46.4 Å². The predicted molar refractivity (Wildman–Crippen MR) is 127 cm³/mol. The van der Waals surface area contributed by atoms with Crippen LogP contribution in [0.3, 0.4) is 0 Å². The Bertz CT molecular complexity index is 989. The van der Waals surface area contributed by atoms with Crippen molar-refractivity contribution in [3.05, 3.63) is 56.5 Å². The van der Waals surface area contributed by atoms with E-state index in [4.69, 9.17) is 80.8 Å². The van der Waals surface area contributed by atoms with Crippen LogP contribution in [0.5, 0.6) is 0 Å². The first-order valence-corrected chi connectivity index (χ1v) is 9.26. The first-order valence-electron chi connectivity index (χ1n) is 7.75. The van der Waals surface area contributed by atoms with Crippen LogP contribution < -0.4 is 34.4 Å². The molecule has 0 saturated heterocycles. The topological polar surface area (TPSA) is 206 Å². The number of benzene rings is 2. The molecule has 2 aromatic carbocycles. The van der Waals surface area contributed by atoms with Crippen molar-refractivity contribution in [3.63, 3.8) is 0 Å². The van der Waals surface area contributed by atoms with E-state index >= 15 is 0 Å². The lowest BCUT2D eigenvalue weighted by molar-refractivity contribution is 1.38. The Hall–Kier alpha value is -2.92. The lowest BCUT2D eigenvalue weighted by atomic mass is 10.3. The molecule has 14 heteroatoms. The molecule has 0 aliphatic rings. The number of guanidine groups is 4. The van der Waals surface area contributed by atoms with Gasteiger partial charge in [-0.05, 0) is 36.4 Å². The number of hydrogen-bond acceptors (Lipinski definition) is 2. The predicted octanol–water partition coefficient (Wildman–Crippen LogP) is 2.43. The lowest BCUT2D eigenvalue weighted by Gasteiger charge is -1.98. The van der Waals surface area contributed by atoms with E-state index in [1.807, 2.05) is 0 Å². The Morgan fingerprint density at radius 3 is 1.47 bits per heavy atom. The van der Waals surface area contributed by atoms with E-state index < -0.39 is 0 Å². The van der Waals surface area contributed by atoms with Crippen LogP contribution in [0.1, 0.15) is 0 Å². The summed E-state index contributed by atoms with van der Waals surface area (Å²) in [4.78, 5) is 14.9. The fourth-order valence-electron chi connectivity index (χ4n) is 1.74. The smallest absolute Gasteiger partial charge is 0.223 e. The standard InChI is InChI=1S/2C8H9Cl2N5/c9-4-1-5(10)3-6(2-4)14-8(13)15-7(11)12;9-5-2-1-4(3-6(5)10)14-8(13)15-7(11)12/h2*1-3H,(H6,11,12,13,14,15). The van der Waals surface area contributed by atoms with Gasteiger partial charge in [0.15, 0.2) is 11.9 Å². The molecule has 12 N–H and O–H groups in total. The van der Waals surface area contributed by atoms with Gasteiger partial charge in [-0.2, -0.15) is 9.98 Å². The van der Waals surface area contributed by atoms with Crippen LogP contribution in [0.15, 0.2) is 56.4 Å². The second-order valence-corrected chi connectivity index (χ2v) is 6.93. The molecule has 0 saturated carbocycles. The van der Waals surface area contributed by atoms with Gasteiger partial charge in [0.2, 0.25) is 11.9 Å². The van der Waals surface area contributed by atoms with Crippen molar-refractivity contribution in [3.8, 4) is 0 Å². The second kappa shape index (κ2) is 11.9. The van der Waals surface area contributed by atoms with Crippen LogP contribution in [-0.4, -0.2) is 23.8 Å². The summed E-state index contributed by atoms with van der Waals surface area (Å²) in [7, 11) is 0. The summed E-state index contributed by atoms with van der Waals surface area (Å²) >= 11 is 23.0. The molecule has 10 nitrogen and oxygen atoms in total. The van der Waals surface area contributed by atoms with E-state index in [0.717, 1.165) is 0 Å². The summed E-state index contributed by atoms with van der Waals surface area (Å²) in [5, 5.41) is 1.74. The maximum atomic E-state index is 5.78. The first-order chi connectivity index (χ1) is 14.0. The molecule has 0 bridgehead atoms. The van der Waals surface area contributed by atoms with E-state index in [-0.39, 0.29) is 23.8 Å². The Balaban J connectivity index is 0.000000300. The largest absolute Gasteiger partial charge is 0.370 e. The third-order valence-electron chi connectivity index (χ3n) is 2.73. The van der Waals surface area contributed by atoms with Gasteiger partial charge in [0.05, 0.1) is 21.4 Å². The molecule has 0 aliphatic heterocycles. The number of nitrogens with zero attached hydrogens (tertiary/aromatic N) is 4. The molecule has 2 rings (SSSR count). The summed E-state index contributed by atoms with van der Waals surface area (Å²) in [6, 6.07) is 9.55. The zero-order valence-electron chi connectivity index (χ0n) is 15.2. The number of rotatable bonds is 2. The lowest BCUT2D eigenvalue weighted by Crippen LogP contribution is -2.26. The van der Waals surface area contributed by atoms with Crippen molar-refractivity contribution in [2.45, 2.75) is 0 Å². The van der Waals surface area contributed by atoms with Crippen LogP contribution >= 0.6 is 46.4 Å². The minimum absolute atomic E-state index is 0.0478. The van der Waals surface area contributed by atoms with Crippen molar-refractivity contribution in [1.29, 1.82) is 0 Å². The van der Waals surface area contributed by atoms with Crippen LogP contribution in [0.4, 0.5) is 11.4 Å². The molecule has 0 amide bonds. The first kappa shape index (κ1) is 25.1. The van der Waals surface area contributed by atoms with E-state index in [1.165, 1.54) is 0 Å². The molecular weight excluding hydrogens is 474 g/mol. The van der Waals surface area contributed by atoms with Crippen LogP contribution in [0.25, 0.3) is 0 Å². The fourth-order valence-corrected chi connectivity index (χ4v) is 2.54. The molecule has 0 radical (unpaired) electrons. The summed E-state index contributed by atoms with van der Waals surface area (Å²) in [5.74, 6) is -0.428. The molecule has 30 heavy (non-hydrogen) atoms. The van der Waals surface area contributed by atoms with Gasteiger partial charge in [-0.25, -0.2) is 9.98 Å². The van der Waals surface area contributed by atoms with Gasteiger partial charge < -0.3 is 34.4 Å². The zero-order valence-corrected chi connectivity index (χ0v) is 18.3. The van der Waals surface area contributed by atoms with E-state index in [9.17, 15) is 0 Å². The number of aliphatic imine (C=N–C) groups is 4. The summed E-state index contributed by atoms with van der Waals surface area (Å²) < 4.78 is 0. The van der Waals surface area contributed by atoms with Crippen molar-refractivity contribution >= 4 is 81.6 Å². The summed E-state index contributed by atoms with van der Waals surface area (Å²) in [6.07, 6.45) is 0. The van der Waals surface area contributed by atoms with Crippen LogP contribution in [0.2, 0.25) is 20.1 Å². The average molecular weight is 492 g/mol. The molecule has 0 aliphatic carbocycles. The monoisotopic (exact) mass is 490 g/mol. The quantitative estimate of drug-likeness (QED) is 0.274. The number of hydrogen-bond donors (Lipinski definition) is 6. The third-order valence-corrected chi connectivity index (χ3v) is 3.90. The highest BCUT2D eigenvalue weighted by molar-refractivity contribution is 6.42. The normalized spacial score (nSPS) is 11.2. The molecule has 0 atom stereocenters. The molecule has 0 unspecified atom stereocenters.